The Morgan fingerprint density at radius 1 is 1.31 bits per heavy atom. The highest BCUT2D eigenvalue weighted by Gasteiger charge is 2.48. The van der Waals surface area contributed by atoms with Gasteiger partial charge in [-0.05, 0) is 30.9 Å². The highest BCUT2D eigenvalue weighted by molar-refractivity contribution is 8.01. The van der Waals surface area contributed by atoms with Crippen LogP contribution < -0.4 is 5.32 Å². The Morgan fingerprint density at radius 3 is 2.73 bits per heavy atom. The molecular formula is C19H27N3O3S. The van der Waals surface area contributed by atoms with Crippen LogP contribution in [0.1, 0.15) is 25.3 Å². The summed E-state index contributed by atoms with van der Waals surface area (Å²) in [5, 5.41) is 3.04. The number of carbonyl (C=O) groups is 2. The van der Waals surface area contributed by atoms with Crippen LogP contribution in [0.15, 0.2) is 24.3 Å². The minimum Gasteiger partial charge on any atom is -0.383 e. The molecular weight excluding hydrogens is 350 g/mol. The van der Waals surface area contributed by atoms with Crippen molar-refractivity contribution in [1.82, 2.24) is 9.80 Å². The largest absolute Gasteiger partial charge is 0.383 e. The van der Waals surface area contributed by atoms with E-state index in [1.54, 1.807) is 18.9 Å². The molecule has 26 heavy (non-hydrogen) atoms. The smallest absolute Gasteiger partial charge is 0.321 e. The Kier molecular flexibility index (Phi) is 6.09. The van der Waals surface area contributed by atoms with Crippen molar-refractivity contribution >= 4 is 29.4 Å². The fourth-order valence-corrected chi connectivity index (χ4v) is 5.08. The van der Waals surface area contributed by atoms with Crippen molar-refractivity contribution in [3.05, 3.63) is 29.8 Å². The average molecular weight is 378 g/mol. The molecule has 2 heterocycles. The zero-order chi connectivity index (χ0) is 18.6. The van der Waals surface area contributed by atoms with E-state index in [1.165, 1.54) is 0 Å². The molecule has 0 bridgehead atoms. The summed E-state index contributed by atoms with van der Waals surface area (Å²) >= 11 is 1.72. The number of anilines is 1. The molecule has 2 aliphatic heterocycles. The first-order valence-corrected chi connectivity index (χ1v) is 10.2. The fourth-order valence-electron chi connectivity index (χ4n) is 3.71. The van der Waals surface area contributed by atoms with Gasteiger partial charge in [0.25, 0.3) is 0 Å². The lowest BCUT2D eigenvalue weighted by atomic mass is 10.0. The molecule has 0 radical (unpaired) electrons. The van der Waals surface area contributed by atoms with Crippen molar-refractivity contribution in [3.8, 4) is 0 Å². The third kappa shape index (κ3) is 3.83. The van der Waals surface area contributed by atoms with Gasteiger partial charge in [0.1, 0.15) is 0 Å². The number of likely N-dealkylation sites (tertiary alicyclic amines) is 1. The third-order valence-electron chi connectivity index (χ3n) is 5.25. The molecule has 3 rings (SSSR count). The van der Waals surface area contributed by atoms with Gasteiger partial charge in [0.15, 0.2) is 0 Å². The Hall–Kier alpha value is -1.73. The van der Waals surface area contributed by atoms with Crippen molar-refractivity contribution in [2.45, 2.75) is 31.1 Å². The van der Waals surface area contributed by atoms with Crippen molar-refractivity contribution in [3.63, 3.8) is 0 Å². The van der Waals surface area contributed by atoms with Crippen LogP contribution in [0.5, 0.6) is 0 Å². The summed E-state index contributed by atoms with van der Waals surface area (Å²) in [5.74, 6) is 0.710. The van der Waals surface area contributed by atoms with Gasteiger partial charge in [-0.3, -0.25) is 4.79 Å². The van der Waals surface area contributed by atoms with E-state index < -0.39 is 0 Å². The zero-order valence-corrected chi connectivity index (χ0v) is 16.3. The number of ether oxygens (including phenoxy) is 1. The second kappa shape index (κ2) is 8.31. The number of benzene rings is 1. The van der Waals surface area contributed by atoms with Crippen molar-refractivity contribution in [1.29, 1.82) is 0 Å². The molecule has 2 saturated heterocycles. The summed E-state index contributed by atoms with van der Waals surface area (Å²) in [7, 11) is 1.65. The molecule has 0 saturated carbocycles. The Labute approximate surface area is 159 Å². The second-order valence-corrected chi connectivity index (χ2v) is 8.04. The average Bonchev–Trinajstić information content (AvgIpc) is 2.96. The summed E-state index contributed by atoms with van der Waals surface area (Å²) in [4.78, 5) is 28.5. The molecule has 1 aromatic carbocycles. The van der Waals surface area contributed by atoms with Gasteiger partial charge < -0.3 is 19.9 Å². The third-order valence-corrected chi connectivity index (χ3v) is 6.81. The number of nitrogens with one attached hydrogen (secondary N) is 1. The molecule has 2 aliphatic rings. The van der Waals surface area contributed by atoms with E-state index in [1.807, 2.05) is 34.1 Å². The van der Waals surface area contributed by atoms with Gasteiger partial charge in [0, 0.05) is 32.4 Å². The number of rotatable bonds is 5. The predicted molar refractivity (Wildman–Crippen MR) is 104 cm³/mol. The monoisotopic (exact) mass is 377 g/mol. The highest BCUT2D eigenvalue weighted by atomic mass is 32.2. The second-order valence-electron chi connectivity index (χ2n) is 6.70. The van der Waals surface area contributed by atoms with Gasteiger partial charge in [0.05, 0.1) is 17.2 Å². The molecule has 6 nitrogen and oxygen atoms in total. The van der Waals surface area contributed by atoms with Gasteiger partial charge in [-0.2, -0.15) is 0 Å². The van der Waals surface area contributed by atoms with Crippen LogP contribution in [0.4, 0.5) is 10.5 Å². The number of piperidine rings is 1. The Morgan fingerprint density at radius 2 is 2.04 bits per heavy atom. The molecule has 0 unspecified atom stereocenters. The van der Waals surface area contributed by atoms with E-state index in [4.69, 9.17) is 4.74 Å². The van der Waals surface area contributed by atoms with Crippen LogP contribution in [0.3, 0.4) is 0 Å². The maximum Gasteiger partial charge on any atom is 0.321 e. The number of methoxy groups -OCH3 is 1. The van der Waals surface area contributed by atoms with Crippen molar-refractivity contribution < 1.29 is 14.3 Å². The van der Waals surface area contributed by atoms with Crippen LogP contribution >= 0.6 is 11.8 Å². The number of amides is 3. The molecule has 1 N–H and O–H groups in total. The number of hydrogen-bond acceptors (Lipinski definition) is 4. The maximum absolute atomic E-state index is 12.7. The van der Waals surface area contributed by atoms with Crippen molar-refractivity contribution in [2.75, 3.05) is 44.4 Å². The van der Waals surface area contributed by atoms with E-state index in [9.17, 15) is 9.59 Å². The summed E-state index contributed by atoms with van der Waals surface area (Å²) in [6.07, 6.45) is 2.48. The summed E-state index contributed by atoms with van der Waals surface area (Å²) in [6, 6.07) is 7.85. The molecule has 0 aromatic heterocycles. The predicted octanol–water partition coefficient (Wildman–Crippen LogP) is 2.79. The molecule has 0 atom stereocenters. The fraction of sp³-hybridized carbons (Fsp3) is 0.579. The molecule has 3 amide bonds. The highest BCUT2D eigenvalue weighted by Crippen LogP contribution is 2.44. The first-order chi connectivity index (χ1) is 12.6. The number of nitrogens with zero attached hydrogens (tertiary/aromatic N) is 2. The van der Waals surface area contributed by atoms with Gasteiger partial charge in [0.2, 0.25) is 5.91 Å². The van der Waals surface area contributed by atoms with Crippen LogP contribution in [0, 0.1) is 0 Å². The number of aryl methyl sites for hydroxylation is 1. The number of carbonyl (C=O) groups excluding carboxylic acids is 2. The number of hydrogen-bond donors (Lipinski definition) is 1. The van der Waals surface area contributed by atoms with E-state index >= 15 is 0 Å². The van der Waals surface area contributed by atoms with Crippen LogP contribution in [-0.4, -0.2) is 65.7 Å². The van der Waals surface area contributed by atoms with Crippen LogP contribution in [-0.2, 0) is 16.0 Å². The molecule has 142 valence electrons. The first kappa shape index (κ1) is 19.0. The van der Waals surface area contributed by atoms with E-state index in [2.05, 4.69) is 12.2 Å². The molecule has 7 heteroatoms. The minimum absolute atomic E-state index is 0.0569. The van der Waals surface area contributed by atoms with Gasteiger partial charge in [-0.15, -0.1) is 11.8 Å². The Bertz CT molecular complexity index is 659. The normalized spacial score (nSPS) is 19.2. The van der Waals surface area contributed by atoms with E-state index in [-0.39, 0.29) is 16.8 Å². The molecule has 1 spiro atoms. The quantitative estimate of drug-likeness (QED) is 0.857. The van der Waals surface area contributed by atoms with E-state index in [0.717, 1.165) is 30.5 Å². The lowest BCUT2D eigenvalue weighted by Crippen LogP contribution is -2.54. The van der Waals surface area contributed by atoms with Gasteiger partial charge in [-0.25, -0.2) is 4.79 Å². The zero-order valence-electron chi connectivity index (χ0n) is 15.5. The summed E-state index contributed by atoms with van der Waals surface area (Å²) in [5.41, 5.74) is 2.02. The summed E-state index contributed by atoms with van der Waals surface area (Å²) < 4.78 is 5.16. The lowest BCUT2D eigenvalue weighted by molar-refractivity contribution is -0.131. The number of urea groups is 1. The molecule has 1 aromatic rings. The van der Waals surface area contributed by atoms with E-state index in [0.29, 0.717) is 32.0 Å². The first-order valence-electron chi connectivity index (χ1n) is 9.17. The maximum atomic E-state index is 12.7. The molecule has 0 aliphatic carbocycles. The lowest BCUT2D eigenvalue weighted by Gasteiger charge is -2.43. The number of thioether (sulfide) groups is 1. The number of para-hydroxylation sites is 1. The SMILES string of the molecule is CCc1ccccc1NC(=O)N1CCC2(CC1)SCC(=O)N2CCOC. The molecule has 2 fully saturated rings. The van der Waals surface area contributed by atoms with Gasteiger partial charge >= 0.3 is 6.03 Å². The Balaban J connectivity index is 1.61. The standard InChI is InChI=1S/C19H27N3O3S/c1-3-15-6-4-5-7-16(15)20-18(24)21-10-8-19(9-11-21)22(12-13-25-2)17(23)14-26-19/h4-7H,3,8-14H2,1-2H3,(H,20,24). The topological polar surface area (TPSA) is 61.9 Å². The van der Waals surface area contributed by atoms with Crippen LogP contribution in [0.25, 0.3) is 0 Å². The van der Waals surface area contributed by atoms with Crippen molar-refractivity contribution in [2.24, 2.45) is 0 Å². The van der Waals surface area contributed by atoms with Gasteiger partial charge in [-0.1, -0.05) is 25.1 Å². The minimum atomic E-state index is -0.173. The van der Waals surface area contributed by atoms with Crippen LogP contribution in [0.2, 0.25) is 0 Å². The summed E-state index contributed by atoms with van der Waals surface area (Å²) in [6.45, 7) is 4.57.